The van der Waals surface area contributed by atoms with Crippen LogP contribution in [0.25, 0.3) is 6.08 Å². The summed E-state index contributed by atoms with van der Waals surface area (Å²) in [5, 5.41) is 11.3. The van der Waals surface area contributed by atoms with Crippen LogP contribution in [0.2, 0.25) is 0 Å². The van der Waals surface area contributed by atoms with Gasteiger partial charge < -0.3 is 15.2 Å². The van der Waals surface area contributed by atoms with Crippen LogP contribution in [0.5, 0.6) is 5.75 Å². The van der Waals surface area contributed by atoms with Crippen molar-refractivity contribution < 1.29 is 19.4 Å². The first-order valence-electron chi connectivity index (χ1n) is 5.84. The number of methoxy groups -OCH3 is 1. The third-order valence-corrected chi connectivity index (χ3v) is 2.42. The van der Waals surface area contributed by atoms with Crippen molar-refractivity contribution in [3.8, 4) is 5.75 Å². The van der Waals surface area contributed by atoms with Gasteiger partial charge in [0.05, 0.1) is 12.8 Å². The van der Waals surface area contributed by atoms with Gasteiger partial charge in [0, 0.05) is 12.0 Å². The quantitative estimate of drug-likeness (QED) is 0.800. The van der Waals surface area contributed by atoms with Gasteiger partial charge in [-0.2, -0.15) is 0 Å². The van der Waals surface area contributed by atoms with Crippen molar-refractivity contribution in [2.75, 3.05) is 12.4 Å². The summed E-state index contributed by atoms with van der Waals surface area (Å²) in [6.07, 6.45) is 2.49. The number of aliphatic carboxylic acids is 1. The van der Waals surface area contributed by atoms with Crippen LogP contribution in [0.1, 0.15) is 19.4 Å². The summed E-state index contributed by atoms with van der Waals surface area (Å²) in [5.74, 6) is -0.773. The Labute approximate surface area is 111 Å². The van der Waals surface area contributed by atoms with E-state index < -0.39 is 5.97 Å². The Hall–Kier alpha value is -2.30. The third kappa shape index (κ3) is 4.46. The molecule has 0 bridgehead atoms. The van der Waals surface area contributed by atoms with Crippen LogP contribution in [0.4, 0.5) is 5.69 Å². The molecule has 102 valence electrons. The van der Waals surface area contributed by atoms with Gasteiger partial charge >= 0.3 is 5.97 Å². The predicted molar refractivity (Wildman–Crippen MR) is 73.1 cm³/mol. The molecule has 0 radical (unpaired) electrons. The molecule has 0 aromatic heterocycles. The summed E-state index contributed by atoms with van der Waals surface area (Å²) in [4.78, 5) is 22.1. The fraction of sp³-hybridized carbons (Fsp3) is 0.286. The first-order chi connectivity index (χ1) is 8.93. The molecule has 0 saturated heterocycles. The molecule has 0 saturated carbocycles. The number of anilines is 1. The predicted octanol–water partition coefficient (Wildman–Crippen LogP) is 2.39. The van der Waals surface area contributed by atoms with E-state index in [1.807, 2.05) is 0 Å². The highest BCUT2D eigenvalue weighted by molar-refractivity contribution is 5.94. The molecule has 0 aliphatic rings. The highest BCUT2D eigenvalue weighted by atomic mass is 16.5. The largest absolute Gasteiger partial charge is 0.495 e. The number of hydrogen-bond donors (Lipinski definition) is 2. The number of ether oxygens (including phenoxy) is 1. The van der Waals surface area contributed by atoms with Crippen LogP contribution in [-0.4, -0.2) is 24.1 Å². The van der Waals surface area contributed by atoms with Gasteiger partial charge in [-0.05, 0) is 23.8 Å². The average molecular weight is 263 g/mol. The lowest BCUT2D eigenvalue weighted by atomic mass is 10.1. The van der Waals surface area contributed by atoms with Gasteiger partial charge in [-0.3, -0.25) is 4.79 Å². The SMILES string of the molecule is COc1ccc(C=CC(=O)O)cc1NC(=O)C(C)C. The van der Waals surface area contributed by atoms with E-state index in [-0.39, 0.29) is 11.8 Å². The minimum Gasteiger partial charge on any atom is -0.495 e. The maximum atomic E-state index is 11.7. The first-order valence-corrected chi connectivity index (χ1v) is 5.84. The molecule has 0 heterocycles. The molecule has 1 amide bonds. The number of hydrogen-bond acceptors (Lipinski definition) is 3. The highest BCUT2D eigenvalue weighted by Crippen LogP contribution is 2.26. The Bertz CT molecular complexity index is 506. The van der Waals surface area contributed by atoms with E-state index in [9.17, 15) is 9.59 Å². The summed E-state index contributed by atoms with van der Waals surface area (Å²) in [6, 6.07) is 5.05. The molecule has 0 fully saturated rings. The Morgan fingerprint density at radius 2 is 2.05 bits per heavy atom. The van der Waals surface area contributed by atoms with Gasteiger partial charge in [0.2, 0.25) is 5.91 Å². The van der Waals surface area contributed by atoms with Gasteiger partial charge in [-0.1, -0.05) is 19.9 Å². The Morgan fingerprint density at radius 1 is 1.37 bits per heavy atom. The molecular formula is C14H17NO4. The zero-order valence-electron chi connectivity index (χ0n) is 11.1. The molecule has 1 aromatic rings. The third-order valence-electron chi connectivity index (χ3n) is 2.42. The summed E-state index contributed by atoms with van der Waals surface area (Å²) in [6.45, 7) is 3.58. The highest BCUT2D eigenvalue weighted by Gasteiger charge is 2.11. The van der Waals surface area contributed by atoms with Gasteiger partial charge in [0.1, 0.15) is 5.75 Å². The fourth-order valence-electron chi connectivity index (χ4n) is 1.37. The standard InChI is InChI=1S/C14H17NO4/c1-9(2)14(18)15-11-8-10(5-7-13(16)17)4-6-12(11)19-3/h4-9H,1-3H3,(H,15,18)(H,16,17). The van der Waals surface area contributed by atoms with Crippen LogP contribution in [0.15, 0.2) is 24.3 Å². The van der Waals surface area contributed by atoms with Gasteiger partial charge in [-0.15, -0.1) is 0 Å². The number of amides is 1. The number of carbonyl (C=O) groups excluding carboxylic acids is 1. The average Bonchev–Trinajstić information content (AvgIpc) is 2.36. The Kier molecular flexibility index (Phi) is 5.11. The maximum Gasteiger partial charge on any atom is 0.328 e. The smallest absolute Gasteiger partial charge is 0.328 e. The molecule has 0 atom stereocenters. The molecule has 0 aliphatic heterocycles. The molecule has 0 spiro atoms. The van der Waals surface area contributed by atoms with Gasteiger partial charge in [0.15, 0.2) is 0 Å². The van der Waals surface area contributed by atoms with E-state index in [0.29, 0.717) is 17.0 Å². The zero-order valence-corrected chi connectivity index (χ0v) is 11.1. The molecule has 0 unspecified atom stereocenters. The van der Waals surface area contributed by atoms with E-state index in [0.717, 1.165) is 6.08 Å². The Morgan fingerprint density at radius 3 is 2.58 bits per heavy atom. The zero-order chi connectivity index (χ0) is 14.4. The van der Waals surface area contributed by atoms with E-state index in [4.69, 9.17) is 9.84 Å². The lowest BCUT2D eigenvalue weighted by Crippen LogP contribution is -2.18. The van der Waals surface area contributed by atoms with Crippen molar-refractivity contribution in [2.45, 2.75) is 13.8 Å². The van der Waals surface area contributed by atoms with Crippen LogP contribution in [0, 0.1) is 5.92 Å². The monoisotopic (exact) mass is 263 g/mol. The van der Waals surface area contributed by atoms with E-state index in [2.05, 4.69) is 5.32 Å². The first kappa shape index (κ1) is 14.8. The second-order valence-corrected chi connectivity index (χ2v) is 4.28. The maximum absolute atomic E-state index is 11.7. The van der Waals surface area contributed by atoms with Gasteiger partial charge in [0.25, 0.3) is 0 Å². The van der Waals surface area contributed by atoms with Gasteiger partial charge in [-0.25, -0.2) is 4.79 Å². The molecule has 19 heavy (non-hydrogen) atoms. The molecule has 2 N–H and O–H groups in total. The summed E-state index contributed by atoms with van der Waals surface area (Å²) >= 11 is 0. The minimum atomic E-state index is -1.02. The summed E-state index contributed by atoms with van der Waals surface area (Å²) in [5.41, 5.74) is 1.19. The number of carbonyl (C=O) groups is 2. The van der Waals surface area contributed by atoms with Crippen molar-refractivity contribution in [1.82, 2.24) is 0 Å². The van der Waals surface area contributed by atoms with Crippen molar-refractivity contribution in [1.29, 1.82) is 0 Å². The van der Waals surface area contributed by atoms with Crippen LogP contribution < -0.4 is 10.1 Å². The van der Waals surface area contributed by atoms with Crippen LogP contribution >= 0.6 is 0 Å². The minimum absolute atomic E-state index is 0.127. The van der Waals surface area contributed by atoms with Crippen molar-refractivity contribution >= 4 is 23.6 Å². The second-order valence-electron chi connectivity index (χ2n) is 4.28. The number of rotatable bonds is 5. The lowest BCUT2D eigenvalue weighted by molar-refractivity contribution is -0.131. The normalized spacial score (nSPS) is 10.7. The molecule has 0 aliphatic carbocycles. The number of nitrogens with one attached hydrogen (secondary N) is 1. The number of benzene rings is 1. The second kappa shape index (κ2) is 6.58. The van der Waals surface area contributed by atoms with E-state index >= 15 is 0 Å². The van der Waals surface area contributed by atoms with E-state index in [1.165, 1.54) is 13.2 Å². The van der Waals surface area contributed by atoms with Crippen LogP contribution in [0.3, 0.4) is 0 Å². The van der Waals surface area contributed by atoms with E-state index in [1.54, 1.807) is 32.0 Å². The molecule has 5 heteroatoms. The fourth-order valence-corrected chi connectivity index (χ4v) is 1.37. The molecule has 1 aromatic carbocycles. The van der Waals surface area contributed by atoms with Crippen molar-refractivity contribution in [3.63, 3.8) is 0 Å². The van der Waals surface area contributed by atoms with Crippen molar-refractivity contribution in [3.05, 3.63) is 29.8 Å². The molecular weight excluding hydrogens is 246 g/mol. The van der Waals surface area contributed by atoms with Crippen LogP contribution in [-0.2, 0) is 9.59 Å². The molecule has 1 rings (SSSR count). The number of carboxylic acids is 1. The Balaban J connectivity index is 3.02. The molecule has 5 nitrogen and oxygen atoms in total. The summed E-state index contributed by atoms with van der Waals surface area (Å²) < 4.78 is 5.15. The van der Waals surface area contributed by atoms with Crippen molar-refractivity contribution in [2.24, 2.45) is 5.92 Å². The lowest BCUT2D eigenvalue weighted by Gasteiger charge is -2.12. The summed E-state index contributed by atoms with van der Waals surface area (Å²) in [7, 11) is 1.51. The number of carboxylic acid groups (broad SMARTS) is 1. The topological polar surface area (TPSA) is 75.6 Å².